The van der Waals surface area contributed by atoms with Crippen molar-refractivity contribution in [1.82, 2.24) is 19.9 Å². The molecular weight excluding hydrogens is 268 g/mol. The van der Waals surface area contributed by atoms with E-state index in [9.17, 15) is 4.79 Å². The van der Waals surface area contributed by atoms with Crippen molar-refractivity contribution in [2.24, 2.45) is 0 Å². The zero-order valence-electron chi connectivity index (χ0n) is 10.6. The predicted octanol–water partition coefficient (Wildman–Crippen LogP) is -0.625. The summed E-state index contributed by atoms with van der Waals surface area (Å²) in [6, 6.07) is 0. The Morgan fingerprint density at radius 3 is 2.42 bits per heavy atom. The Balaban J connectivity index is 1.99. The van der Waals surface area contributed by atoms with Gasteiger partial charge in [0.2, 0.25) is 17.8 Å². The molecule has 8 nitrogen and oxygen atoms in total. The van der Waals surface area contributed by atoms with Crippen LogP contribution >= 0.6 is 11.8 Å². The molecule has 0 aliphatic carbocycles. The van der Waals surface area contributed by atoms with Crippen molar-refractivity contribution >= 4 is 29.6 Å². The van der Waals surface area contributed by atoms with Gasteiger partial charge in [0.15, 0.2) is 5.16 Å². The molecule has 2 heterocycles. The summed E-state index contributed by atoms with van der Waals surface area (Å²) in [7, 11) is 0. The fourth-order valence-corrected chi connectivity index (χ4v) is 2.55. The Morgan fingerprint density at radius 2 is 1.84 bits per heavy atom. The smallest absolute Gasteiger partial charge is 0.236 e. The largest absolute Gasteiger partial charge is 0.378 e. The Bertz CT molecular complexity index is 445. The van der Waals surface area contributed by atoms with E-state index in [1.807, 2.05) is 0 Å². The highest BCUT2D eigenvalue weighted by Crippen LogP contribution is 2.22. The van der Waals surface area contributed by atoms with Crippen LogP contribution in [-0.2, 0) is 9.53 Å². The third-order valence-electron chi connectivity index (χ3n) is 2.60. The maximum atomic E-state index is 12.2. The fourth-order valence-electron chi connectivity index (χ4n) is 1.69. The van der Waals surface area contributed by atoms with Crippen molar-refractivity contribution in [3.63, 3.8) is 0 Å². The molecule has 1 atom stereocenters. The van der Waals surface area contributed by atoms with Gasteiger partial charge in [-0.3, -0.25) is 4.79 Å². The van der Waals surface area contributed by atoms with Gasteiger partial charge in [-0.05, 0) is 6.92 Å². The van der Waals surface area contributed by atoms with Gasteiger partial charge in [-0.25, -0.2) is 0 Å². The highest BCUT2D eigenvalue weighted by atomic mass is 32.2. The minimum Gasteiger partial charge on any atom is -0.378 e. The minimum absolute atomic E-state index is 0.0332. The average Bonchev–Trinajstić information content (AvgIpc) is 2.37. The first kappa shape index (κ1) is 13.8. The molecular formula is C10H16N6O2S. The molecule has 1 fully saturated rings. The predicted molar refractivity (Wildman–Crippen MR) is 71.4 cm³/mol. The topological polar surface area (TPSA) is 120 Å². The lowest BCUT2D eigenvalue weighted by molar-refractivity contribution is -0.134. The molecule has 0 spiro atoms. The van der Waals surface area contributed by atoms with Crippen LogP contribution in [0.4, 0.5) is 11.9 Å². The summed E-state index contributed by atoms with van der Waals surface area (Å²) in [4.78, 5) is 25.5. The van der Waals surface area contributed by atoms with Gasteiger partial charge in [0.1, 0.15) is 0 Å². The van der Waals surface area contributed by atoms with Gasteiger partial charge in [-0.1, -0.05) is 11.8 Å². The summed E-state index contributed by atoms with van der Waals surface area (Å²) in [5, 5.41) is 0.0541. The van der Waals surface area contributed by atoms with Crippen molar-refractivity contribution in [2.75, 3.05) is 37.8 Å². The van der Waals surface area contributed by atoms with Crippen molar-refractivity contribution in [2.45, 2.75) is 17.3 Å². The second-order valence-electron chi connectivity index (χ2n) is 4.03. The minimum atomic E-state index is -0.306. The Kier molecular flexibility index (Phi) is 4.38. The number of thioether (sulfide) groups is 1. The van der Waals surface area contributed by atoms with Crippen LogP contribution in [0.25, 0.3) is 0 Å². The summed E-state index contributed by atoms with van der Waals surface area (Å²) in [5.41, 5.74) is 11.0. The summed E-state index contributed by atoms with van der Waals surface area (Å²) >= 11 is 1.22. The second-order valence-corrected chi connectivity index (χ2v) is 5.34. The van der Waals surface area contributed by atoms with E-state index >= 15 is 0 Å². The molecule has 0 radical (unpaired) electrons. The van der Waals surface area contributed by atoms with Crippen LogP contribution < -0.4 is 11.5 Å². The number of anilines is 2. The second kappa shape index (κ2) is 6.02. The summed E-state index contributed by atoms with van der Waals surface area (Å²) in [6.07, 6.45) is 0. The Labute approximate surface area is 114 Å². The zero-order valence-corrected chi connectivity index (χ0v) is 11.4. The molecule has 1 aliphatic heterocycles. The number of carbonyl (C=O) groups excluding carboxylic acids is 1. The number of hydrogen-bond donors (Lipinski definition) is 2. The molecule has 104 valence electrons. The molecule has 1 saturated heterocycles. The SMILES string of the molecule is CC(Sc1nc(N)nc(N)n1)C(=O)N1CCOCC1. The van der Waals surface area contributed by atoms with Crippen LogP contribution in [0, 0.1) is 0 Å². The van der Waals surface area contributed by atoms with Crippen molar-refractivity contribution in [3.8, 4) is 0 Å². The number of nitrogens with zero attached hydrogens (tertiary/aromatic N) is 4. The summed E-state index contributed by atoms with van der Waals surface area (Å²) < 4.78 is 5.21. The number of ether oxygens (including phenoxy) is 1. The van der Waals surface area contributed by atoms with E-state index in [0.717, 1.165) is 0 Å². The van der Waals surface area contributed by atoms with Gasteiger partial charge < -0.3 is 21.1 Å². The number of carbonyl (C=O) groups is 1. The first-order valence-corrected chi connectivity index (χ1v) is 6.74. The first-order chi connectivity index (χ1) is 9.06. The van der Waals surface area contributed by atoms with E-state index in [-0.39, 0.29) is 23.1 Å². The molecule has 1 amide bonds. The number of nitrogen functional groups attached to an aromatic ring is 2. The molecule has 1 unspecified atom stereocenters. The standard InChI is InChI=1S/C10H16N6O2S/c1-6(7(17)16-2-4-18-5-3-16)19-10-14-8(11)13-9(12)15-10/h6H,2-5H2,1H3,(H4,11,12,13,14,15). The third kappa shape index (κ3) is 3.67. The first-order valence-electron chi connectivity index (χ1n) is 5.86. The lowest BCUT2D eigenvalue weighted by atomic mass is 10.3. The number of rotatable bonds is 3. The van der Waals surface area contributed by atoms with Crippen LogP contribution in [0.15, 0.2) is 5.16 Å². The van der Waals surface area contributed by atoms with Crippen molar-refractivity contribution in [1.29, 1.82) is 0 Å². The maximum absolute atomic E-state index is 12.2. The van der Waals surface area contributed by atoms with Crippen LogP contribution in [0.1, 0.15) is 6.92 Å². The van der Waals surface area contributed by atoms with Crippen LogP contribution in [0.3, 0.4) is 0 Å². The van der Waals surface area contributed by atoms with Crippen molar-refractivity contribution < 1.29 is 9.53 Å². The van der Waals surface area contributed by atoms with Crippen LogP contribution in [0.5, 0.6) is 0 Å². The van der Waals surface area contributed by atoms with E-state index in [4.69, 9.17) is 16.2 Å². The highest BCUT2D eigenvalue weighted by Gasteiger charge is 2.24. The molecule has 9 heteroatoms. The van der Waals surface area contributed by atoms with E-state index in [1.165, 1.54) is 11.8 Å². The summed E-state index contributed by atoms with van der Waals surface area (Å²) in [6.45, 7) is 4.19. The van der Waals surface area contributed by atoms with Gasteiger partial charge in [0.25, 0.3) is 0 Å². The molecule has 19 heavy (non-hydrogen) atoms. The third-order valence-corrected chi connectivity index (χ3v) is 3.55. The Morgan fingerprint density at radius 1 is 1.26 bits per heavy atom. The van der Waals surface area contributed by atoms with Gasteiger partial charge in [-0.2, -0.15) is 15.0 Å². The lowest BCUT2D eigenvalue weighted by Gasteiger charge is -2.28. The van der Waals surface area contributed by atoms with E-state index < -0.39 is 0 Å². The number of nitrogens with two attached hydrogens (primary N) is 2. The van der Waals surface area contributed by atoms with E-state index in [1.54, 1.807) is 11.8 Å². The average molecular weight is 284 g/mol. The van der Waals surface area contributed by atoms with Gasteiger partial charge in [0.05, 0.1) is 18.5 Å². The zero-order chi connectivity index (χ0) is 13.8. The number of aromatic nitrogens is 3. The number of hydrogen-bond acceptors (Lipinski definition) is 8. The summed E-state index contributed by atoms with van der Waals surface area (Å²) in [5.74, 6) is 0.146. The van der Waals surface area contributed by atoms with E-state index in [0.29, 0.717) is 31.5 Å². The van der Waals surface area contributed by atoms with Gasteiger partial charge in [-0.15, -0.1) is 0 Å². The van der Waals surface area contributed by atoms with Crippen LogP contribution in [-0.4, -0.2) is 57.3 Å². The molecule has 4 N–H and O–H groups in total. The van der Waals surface area contributed by atoms with E-state index in [2.05, 4.69) is 15.0 Å². The number of amides is 1. The van der Waals surface area contributed by atoms with Gasteiger partial charge in [0, 0.05) is 13.1 Å². The molecule has 2 rings (SSSR count). The Hall–Kier alpha value is -1.61. The monoisotopic (exact) mass is 284 g/mol. The normalized spacial score (nSPS) is 17.2. The highest BCUT2D eigenvalue weighted by molar-refractivity contribution is 8.00. The maximum Gasteiger partial charge on any atom is 0.236 e. The molecule has 0 saturated carbocycles. The van der Waals surface area contributed by atoms with Crippen LogP contribution in [0.2, 0.25) is 0 Å². The molecule has 0 aromatic carbocycles. The van der Waals surface area contributed by atoms with Crippen molar-refractivity contribution in [3.05, 3.63) is 0 Å². The molecule has 1 aliphatic rings. The fraction of sp³-hybridized carbons (Fsp3) is 0.600. The van der Waals surface area contributed by atoms with Gasteiger partial charge >= 0.3 is 0 Å². The molecule has 0 bridgehead atoms. The molecule has 1 aromatic rings. The quantitative estimate of drug-likeness (QED) is 0.704. The number of morpholine rings is 1. The lowest BCUT2D eigenvalue weighted by Crippen LogP contribution is -2.44. The molecule has 1 aromatic heterocycles.